The molecule has 0 heterocycles. The number of nitrogens with two attached hydrogens (primary N) is 1. The summed E-state index contributed by atoms with van der Waals surface area (Å²) in [6, 6.07) is 4.82. The minimum Gasteiger partial charge on any atom is -0.480 e. The lowest BCUT2D eigenvalue weighted by atomic mass is 9.98. The molecule has 0 aliphatic heterocycles. The molecule has 184 valence electrons. The molecule has 0 spiro atoms. The fraction of sp³-hybridized carbons (Fsp3) is 0.565. The molecule has 5 unspecified atom stereocenters. The molecule has 0 aromatic heterocycles. The Labute approximate surface area is 194 Å². The van der Waals surface area contributed by atoms with Gasteiger partial charge in [-0.3, -0.25) is 14.4 Å². The van der Waals surface area contributed by atoms with Crippen LogP contribution in [-0.4, -0.2) is 64.2 Å². The molecule has 0 saturated heterocycles. The van der Waals surface area contributed by atoms with Crippen LogP contribution in [0.4, 0.5) is 0 Å². The molecule has 1 aromatic carbocycles. The van der Waals surface area contributed by atoms with Crippen LogP contribution in [0.25, 0.3) is 0 Å². The van der Waals surface area contributed by atoms with Crippen molar-refractivity contribution >= 4 is 23.7 Å². The van der Waals surface area contributed by atoms with E-state index in [1.54, 1.807) is 27.7 Å². The van der Waals surface area contributed by atoms with E-state index in [0.717, 1.165) is 5.56 Å². The number of aliphatic carboxylic acids is 1. The number of rotatable bonds is 12. The van der Waals surface area contributed by atoms with Gasteiger partial charge in [0.1, 0.15) is 12.1 Å². The molecular formula is C23H36N4O6. The van der Waals surface area contributed by atoms with Crippen LogP contribution in [0.1, 0.15) is 40.2 Å². The summed E-state index contributed by atoms with van der Waals surface area (Å²) in [5.74, 6) is -3.94. The number of amides is 3. The summed E-state index contributed by atoms with van der Waals surface area (Å²) in [6.45, 7) is 8.09. The molecular weight excluding hydrogens is 428 g/mol. The highest BCUT2D eigenvalue weighted by molar-refractivity contribution is 5.94. The number of nitrogens with one attached hydrogen (secondary N) is 3. The molecule has 0 fully saturated rings. The van der Waals surface area contributed by atoms with Gasteiger partial charge in [-0.05, 0) is 30.7 Å². The monoisotopic (exact) mass is 464 g/mol. The number of carboxylic acid groups (broad SMARTS) is 1. The normalized spacial score (nSPS) is 15.8. The molecule has 5 atom stereocenters. The lowest BCUT2D eigenvalue weighted by molar-refractivity contribution is -0.145. The van der Waals surface area contributed by atoms with Crippen molar-refractivity contribution in [3.8, 4) is 0 Å². The predicted octanol–water partition coefficient (Wildman–Crippen LogP) is -0.212. The van der Waals surface area contributed by atoms with E-state index >= 15 is 0 Å². The molecule has 0 bridgehead atoms. The smallest absolute Gasteiger partial charge is 0.328 e. The minimum absolute atomic E-state index is 0.298. The maximum Gasteiger partial charge on any atom is 0.328 e. The van der Waals surface area contributed by atoms with Crippen molar-refractivity contribution in [1.29, 1.82) is 0 Å². The van der Waals surface area contributed by atoms with Crippen LogP contribution < -0.4 is 21.7 Å². The molecule has 10 nitrogen and oxygen atoms in total. The Morgan fingerprint density at radius 2 is 1.21 bits per heavy atom. The number of carbonyl (C=O) groups is 4. The van der Waals surface area contributed by atoms with Crippen LogP contribution in [0.3, 0.4) is 0 Å². The molecule has 0 aliphatic rings. The average molecular weight is 465 g/mol. The van der Waals surface area contributed by atoms with Crippen molar-refractivity contribution in [2.45, 2.75) is 71.3 Å². The predicted molar refractivity (Wildman–Crippen MR) is 123 cm³/mol. The molecule has 0 aliphatic carbocycles. The third kappa shape index (κ3) is 8.82. The zero-order valence-corrected chi connectivity index (χ0v) is 19.7. The van der Waals surface area contributed by atoms with Gasteiger partial charge in [0.15, 0.2) is 6.04 Å². The maximum atomic E-state index is 13.0. The zero-order chi connectivity index (χ0) is 25.3. The van der Waals surface area contributed by atoms with Gasteiger partial charge in [-0.25, -0.2) is 4.79 Å². The van der Waals surface area contributed by atoms with Gasteiger partial charge in [-0.1, -0.05) is 58.0 Å². The number of carbonyl (C=O) groups excluding carboxylic acids is 3. The van der Waals surface area contributed by atoms with E-state index in [1.165, 1.54) is 6.92 Å². The number of carboxylic acids is 1. The van der Waals surface area contributed by atoms with Gasteiger partial charge >= 0.3 is 5.97 Å². The topological polar surface area (TPSA) is 171 Å². The fourth-order valence-electron chi connectivity index (χ4n) is 3.17. The van der Waals surface area contributed by atoms with Crippen molar-refractivity contribution in [1.82, 2.24) is 16.0 Å². The van der Waals surface area contributed by atoms with Gasteiger partial charge in [-0.15, -0.1) is 0 Å². The van der Waals surface area contributed by atoms with Crippen molar-refractivity contribution in [3.05, 3.63) is 35.9 Å². The first-order valence-corrected chi connectivity index (χ1v) is 11.0. The Hall–Kier alpha value is -2.98. The Morgan fingerprint density at radius 3 is 1.61 bits per heavy atom. The molecule has 33 heavy (non-hydrogen) atoms. The van der Waals surface area contributed by atoms with E-state index in [2.05, 4.69) is 16.0 Å². The van der Waals surface area contributed by atoms with Crippen molar-refractivity contribution in [2.24, 2.45) is 17.6 Å². The summed E-state index contributed by atoms with van der Waals surface area (Å²) in [7, 11) is 0. The quantitative estimate of drug-likeness (QED) is 0.248. The summed E-state index contributed by atoms with van der Waals surface area (Å²) in [5, 5.41) is 26.3. The number of benzene rings is 1. The molecule has 0 saturated carbocycles. The molecule has 0 radical (unpaired) electrons. The lowest BCUT2D eigenvalue weighted by Gasteiger charge is -2.29. The maximum absolute atomic E-state index is 13.0. The third-order valence-corrected chi connectivity index (χ3v) is 5.18. The lowest BCUT2D eigenvalue weighted by Crippen LogP contribution is -2.60. The van der Waals surface area contributed by atoms with Gasteiger partial charge in [0.25, 0.3) is 0 Å². The van der Waals surface area contributed by atoms with E-state index in [-0.39, 0.29) is 11.8 Å². The molecule has 1 rings (SSSR count). The highest BCUT2D eigenvalue weighted by Crippen LogP contribution is 2.09. The molecule has 10 heteroatoms. The Kier molecular flexibility index (Phi) is 11.0. The molecule has 7 N–H and O–H groups in total. The van der Waals surface area contributed by atoms with Crippen LogP contribution in [0.15, 0.2) is 30.3 Å². The highest BCUT2D eigenvalue weighted by Gasteiger charge is 2.34. The second-order valence-corrected chi connectivity index (χ2v) is 8.82. The van der Waals surface area contributed by atoms with Gasteiger partial charge in [0.05, 0.1) is 12.1 Å². The number of hydrogen-bond donors (Lipinski definition) is 6. The standard InChI is InChI=1S/C23H36N4O6/c1-12(2)17(25-20(29)16(24)11-15-9-7-6-8-10-15)21(30)26-18(13(3)4)22(31)27-19(14(5)28)23(32)33/h6-10,12-14,16-19,28H,11,24H2,1-5H3,(H,25,29)(H,26,30)(H,27,31)(H,32,33). The van der Waals surface area contributed by atoms with E-state index in [0.29, 0.717) is 6.42 Å². The first-order valence-electron chi connectivity index (χ1n) is 11.0. The average Bonchev–Trinajstić information content (AvgIpc) is 2.73. The second-order valence-electron chi connectivity index (χ2n) is 8.82. The van der Waals surface area contributed by atoms with E-state index in [1.807, 2.05) is 30.3 Å². The summed E-state index contributed by atoms with van der Waals surface area (Å²) in [6.07, 6.45) is -1.03. The number of aliphatic hydroxyl groups is 1. The first-order chi connectivity index (χ1) is 15.3. The number of hydrogen-bond acceptors (Lipinski definition) is 6. The van der Waals surface area contributed by atoms with Crippen LogP contribution in [0.2, 0.25) is 0 Å². The van der Waals surface area contributed by atoms with E-state index in [9.17, 15) is 29.4 Å². The Morgan fingerprint density at radius 1 is 0.788 bits per heavy atom. The Balaban J connectivity index is 2.88. The Bertz CT molecular complexity index is 812. The summed E-state index contributed by atoms with van der Waals surface area (Å²) < 4.78 is 0. The van der Waals surface area contributed by atoms with Crippen LogP contribution in [0.5, 0.6) is 0 Å². The fourth-order valence-corrected chi connectivity index (χ4v) is 3.17. The SMILES string of the molecule is CC(C)C(NC(=O)C(N)Cc1ccccc1)C(=O)NC(C(=O)NC(C(=O)O)C(C)O)C(C)C. The van der Waals surface area contributed by atoms with Crippen molar-refractivity contribution < 1.29 is 29.4 Å². The van der Waals surface area contributed by atoms with Crippen LogP contribution >= 0.6 is 0 Å². The summed E-state index contributed by atoms with van der Waals surface area (Å²) in [5.41, 5.74) is 6.90. The van der Waals surface area contributed by atoms with Crippen molar-refractivity contribution in [3.63, 3.8) is 0 Å². The largest absolute Gasteiger partial charge is 0.480 e. The zero-order valence-electron chi connectivity index (χ0n) is 19.7. The third-order valence-electron chi connectivity index (χ3n) is 5.18. The highest BCUT2D eigenvalue weighted by atomic mass is 16.4. The van der Waals surface area contributed by atoms with E-state index < -0.39 is 54.0 Å². The first kappa shape index (κ1) is 28.1. The summed E-state index contributed by atoms with van der Waals surface area (Å²) >= 11 is 0. The molecule has 1 aromatic rings. The molecule has 3 amide bonds. The minimum atomic E-state index is -1.52. The van der Waals surface area contributed by atoms with Crippen molar-refractivity contribution in [2.75, 3.05) is 0 Å². The summed E-state index contributed by atoms with van der Waals surface area (Å²) in [4.78, 5) is 49.5. The van der Waals surface area contributed by atoms with Crippen LogP contribution in [0, 0.1) is 11.8 Å². The van der Waals surface area contributed by atoms with Gasteiger partial charge in [-0.2, -0.15) is 0 Å². The van der Waals surface area contributed by atoms with Gasteiger partial charge < -0.3 is 31.9 Å². The van der Waals surface area contributed by atoms with E-state index in [4.69, 9.17) is 5.73 Å². The second kappa shape index (κ2) is 12.9. The van der Waals surface area contributed by atoms with Gasteiger partial charge in [0.2, 0.25) is 17.7 Å². The van der Waals surface area contributed by atoms with Crippen LogP contribution in [-0.2, 0) is 25.6 Å². The number of aliphatic hydroxyl groups excluding tert-OH is 1. The van der Waals surface area contributed by atoms with Gasteiger partial charge in [0, 0.05) is 0 Å².